The summed E-state index contributed by atoms with van der Waals surface area (Å²) in [6.07, 6.45) is 25.6. The lowest BCUT2D eigenvalue weighted by Crippen LogP contribution is -2.44. The van der Waals surface area contributed by atoms with Gasteiger partial charge in [0.25, 0.3) is 17.7 Å². The minimum Gasteiger partial charge on any atom is -0.511 e. The predicted octanol–water partition coefficient (Wildman–Crippen LogP) is 11.4. The Morgan fingerprint density at radius 2 is 0.720 bits per heavy atom. The third kappa shape index (κ3) is 16.1. The van der Waals surface area contributed by atoms with Crippen LogP contribution in [-0.4, -0.2) is 114 Å². The molecule has 0 bridgehead atoms. The summed E-state index contributed by atoms with van der Waals surface area (Å²) in [6.45, 7) is 33.1. The summed E-state index contributed by atoms with van der Waals surface area (Å²) >= 11 is 0. The van der Waals surface area contributed by atoms with E-state index in [1.54, 1.807) is 27.7 Å². The Morgan fingerprint density at radius 3 is 0.957 bits per heavy atom. The Morgan fingerprint density at radius 1 is 0.462 bits per heavy atom. The zero-order chi connectivity index (χ0) is 69.4. The Labute approximate surface area is 553 Å². The fourth-order valence-electron chi connectivity index (χ4n) is 18.2. The van der Waals surface area contributed by atoms with Crippen LogP contribution in [0.1, 0.15) is 175 Å². The van der Waals surface area contributed by atoms with Crippen LogP contribution in [0.2, 0.25) is 0 Å². The number of rotatable bonds is 13. The average molecular weight is 1290 g/mol. The highest BCUT2D eigenvalue weighted by Crippen LogP contribution is 2.55. The molecule has 0 radical (unpaired) electrons. The second kappa shape index (κ2) is 29.4. The van der Waals surface area contributed by atoms with Crippen LogP contribution in [0, 0.1) is 107 Å². The van der Waals surface area contributed by atoms with Crippen molar-refractivity contribution in [2.24, 2.45) is 107 Å². The second-order valence-electron chi connectivity index (χ2n) is 31.2. The summed E-state index contributed by atoms with van der Waals surface area (Å²) < 4.78 is 4.60. The van der Waals surface area contributed by atoms with Gasteiger partial charge in [0, 0.05) is 54.8 Å². The molecule has 3 aliphatic heterocycles. The molecule has 9 N–H and O–H groups in total. The molecule has 9 rings (SSSR count). The Hall–Kier alpha value is -6.17. The number of nitrogens with one attached hydrogen (secondary N) is 3. The molecule has 3 saturated carbocycles. The summed E-state index contributed by atoms with van der Waals surface area (Å²) in [5.41, 5.74) is -1.25. The smallest absolute Gasteiger partial charge is 0.337 e. The van der Waals surface area contributed by atoms with Crippen LogP contribution in [0.25, 0.3) is 0 Å². The first-order valence-corrected chi connectivity index (χ1v) is 34.3. The molecule has 0 spiro atoms. The van der Waals surface area contributed by atoms with E-state index in [0.29, 0.717) is 47.3 Å². The van der Waals surface area contributed by atoms with Crippen LogP contribution in [0.3, 0.4) is 0 Å². The summed E-state index contributed by atoms with van der Waals surface area (Å²) in [7, 11) is 1.14. The zero-order valence-electron chi connectivity index (χ0n) is 58.6. The number of allylic oxidation sites excluding steroid dienone is 15. The molecule has 3 amide bonds. The SMILES string of the molecule is C/C=C(\C)[C@@H]1C=C[C@@H]2C[C@H](C)C[C@H](C)[C@H]2[C@@H]1/C(O)=C1/C(=O)N[C@H](CC(C)(C)O)C1=O.C/C=C(\C)[C@@H]1C=C[C@@H]2C[C@H](C)C[C@H](C)[C@H]2[C@@H]1/C(O)=C1/C(=O)N[C@H](CC(C)(C)O)C1=O.C/C=C(\C)[C@@H]1C=C[C@@H]2C[C@H](C)C[C@H](C)[C@H]2[C@@H]1/C(O)=C1/C(=O)N[C@H](C[C@@](C)(O)C(=O)OC)C1=O. The molecule has 0 aromatic carbocycles. The Bertz CT molecular complexity index is 3040. The lowest BCUT2D eigenvalue weighted by atomic mass is 9.57. The molecule has 0 unspecified atom stereocenters. The molecule has 17 heteroatoms. The Balaban J connectivity index is 0.000000198. The fraction of sp³-hybridized carbons (Fsp3) is 0.671. The van der Waals surface area contributed by atoms with Crippen LogP contribution in [0.5, 0.6) is 0 Å². The van der Waals surface area contributed by atoms with Gasteiger partial charge in [0.1, 0.15) is 34.0 Å². The number of ketones is 3. The van der Waals surface area contributed by atoms with Crippen LogP contribution in [0.4, 0.5) is 0 Å². The van der Waals surface area contributed by atoms with Crippen molar-refractivity contribution in [3.63, 3.8) is 0 Å². The molecule has 0 aromatic rings. The number of hydrogen-bond acceptors (Lipinski definition) is 14. The summed E-state index contributed by atoms with van der Waals surface area (Å²) in [4.78, 5) is 89.6. The molecule has 6 aliphatic carbocycles. The van der Waals surface area contributed by atoms with Gasteiger partial charge < -0.3 is 51.3 Å². The number of esters is 1. The Kier molecular flexibility index (Phi) is 23.5. The van der Waals surface area contributed by atoms with Gasteiger partial charge in [-0.25, -0.2) is 4.79 Å². The van der Waals surface area contributed by atoms with E-state index in [4.69, 9.17) is 0 Å². The van der Waals surface area contributed by atoms with Crippen molar-refractivity contribution in [3.8, 4) is 0 Å². The number of carbonyl (C=O) groups excluding carboxylic acids is 7. The highest BCUT2D eigenvalue weighted by Gasteiger charge is 2.54. The minimum atomic E-state index is -1.94. The minimum absolute atomic E-state index is 0.0338. The van der Waals surface area contributed by atoms with Gasteiger partial charge in [0.05, 0.1) is 36.4 Å². The number of fused-ring (bicyclic) bond motifs is 3. The van der Waals surface area contributed by atoms with Gasteiger partial charge in [0.2, 0.25) is 0 Å². The van der Waals surface area contributed by atoms with E-state index >= 15 is 0 Å². The van der Waals surface area contributed by atoms with Gasteiger partial charge in [-0.1, -0.05) is 113 Å². The molecule has 3 saturated heterocycles. The number of hydrogen-bond donors (Lipinski definition) is 9. The molecule has 3 heterocycles. The number of Topliss-reactive ketones (excluding diaryl/α,β-unsaturated/α-hetero) is 3. The van der Waals surface area contributed by atoms with Gasteiger partial charge in [-0.15, -0.1) is 0 Å². The number of aliphatic hydroxyl groups is 6. The van der Waals surface area contributed by atoms with Gasteiger partial charge in [-0.2, -0.15) is 0 Å². The summed E-state index contributed by atoms with van der Waals surface area (Å²) in [6, 6.07) is -2.70. The lowest BCUT2D eigenvalue weighted by Gasteiger charge is -2.47. The third-order valence-electron chi connectivity index (χ3n) is 22.5. The van der Waals surface area contributed by atoms with Crippen molar-refractivity contribution in [3.05, 3.63) is 105 Å². The average Bonchev–Trinajstić information content (AvgIpc) is 1.73. The van der Waals surface area contributed by atoms with Crippen LogP contribution < -0.4 is 16.0 Å². The van der Waals surface area contributed by atoms with Crippen molar-refractivity contribution in [1.29, 1.82) is 0 Å². The molecular formula is C76H111N3O14. The highest BCUT2D eigenvalue weighted by atomic mass is 16.5. The molecule has 9 aliphatic rings. The zero-order valence-corrected chi connectivity index (χ0v) is 58.6. The monoisotopic (exact) mass is 1290 g/mol. The highest BCUT2D eigenvalue weighted by molar-refractivity contribution is 6.28. The first-order valence-electron chi connectivity index (χ1n) is 34.3. The van der Waals surface area contributed by atoms with Crippen LogP contribution in [-0.2, 0) is 38.3 Å². The van der Waals surface area contributed by atoms with E-state index in [9.17, 15) is 64.2 Å². The maximum atomic E-state index is 13.2. The molecule has 514 valence electrons. The van der Waals surface area contributed by atoms with Crippen molar-refractivity contribution >= 4 is 41.0 Å². The van der Waals surface area contributed by atoms with Crippen molar-refractivity contribution in [2.75, 3.05) is 7.11 Å². The normalized spacial score (nSPS) is 38.6. The number of ether oxygens (including phenoxy) is 1. The molecule has 22 atom stereocenters. The molecule has 17 nitrogen and oxygen atoms in total. The molecule has 6 fully saturated rings. The van der Waals surface area contributed by atoms with E-state index in [-0.39, 0.29) is 112 Å². The topological polar surface area (TPSA) is 286 Å². The van der Waals surface area contributed by atoms with Crippen molar-refractivity contribution < 1.29 is 68.9 Å². The van der Waals surface area contributed by atoms with Gasteiger partial charge in [0.15, 0.2) is 23.0 Å². The first-order chi connectivity index (χ1) is 43.3. The van der Waals surface area contributed by atoms with Crippen molar-refractivity contribution in [2.45, 2.75) is 210 Å². The number of aliphatic hydroxyl groups excluding tert-OH is 3. The number of amides is 3. The quantitative estimate of drug-likeness (QED) is 0.0273. The second-order valence-corrected chi connectivity index (χ2v) is 31.2. The van der Waals surface area contributed by atoms with Crippen LogP contribution >= 0.6 is 0 Å². The first kappa shape index (κ1) is 74.2. The maximum absolute atomic E-state index is 13.2. The van der Waals surface area contributed by atoms with Crippen LogP contribution in [0.15, 0.2) is 105 Å². The summed E-state index contributed by atoms with van der Waals surface area (Å²) in [5.74, 6) is -1.13. The summed E-state index contributed by atoms with van der Waals surface area (Å²) in [5, 5.41) is 72.9. The molecular weight excluding hydrogens is 1180 g/mol. The molecule has 93 heavy (non-hydrogen) atoms. The fourth-order valence-corrected chi connectivity index (χ4v) is 18.2. The lowest BCUT2D eigenvalue weighted by molar-refractivity contribution is -0.161. The van der Waals surface area contributed by atoms with E-state index in [0.717, 1.165) is 62.4 Å². The molecule has 0 aromatic heterocycles. The van der Waals surface area contributed by atoms with Crippen molar-refractivity contribution in [1.82, 2.24) is 16.0 Å². The standard InChI is InChI=1S/C26H37NO6.2C25H37NO4/c1-7-14(3)17-9-8-16-11-13(2)10-15(4)19(16)20(17)23(29)21-22(28)18(27-24(21)30)12-26(5,32)25(31)33-6;2*1-7-14(3)17-9-8-16-11-13(2)10-15(4)19(16)20(17)23(28)21-22(27)18(26-24(21)29)12-25(5,6)30/h7-9,13,15-20,29,32H,10-12H2,1-6H3,(H,27,30);2*7-9,13,15-20,28,30H,10-12H2,1-6H3,(H,26,29)/b3*14-7+,23-21-/t13-,15+,16-,17+,18-,19-,20-,26-;2*13-,15+,16-,17+,18-,19-,20-/m111/s1. The van der Waals surface area contributed by atoms with Gasteiger partial charge in [-0.05, 0) is 186 Å². The van der Waals surface area contributed by atoms with E-state index < -0.39 is 76.0 Å². The van der Waals surface area contributed by atoms with E-state index in [1.807, 2.05) is 59.8 Å². The third-order valence-corrected chi connectivity index (χ3v) is 22.5. The largest absolute Gasteiger partial charge is 0.511 e. The number of methoxy groups -OCH3 is 1. The van der Waals surface area contributed by atoms with Gasteiger partial charge >= 0.3 is 5.97 Å². The predicted molar refractivity (Wildman–Crippen MR) is 359 cm³/mol. The maximum Gasteiger partial charge on any atom is 0.337 e. The van der Waals surface area contributed by atoms with E-state index in [1.165, 1.54) is 6.92 Å². The van der Waals surface area contributed by atoms with E-state index in [2.05, 4.69) is 98.7 Å². The van der Waals surface area contributed by atoms with Gasteiger partial charge in [-0.3, -0.25) is 28.8 Å². The number of carbonyl (C=O) groups is 7.